The Balaban J connectivity index is 2.55. The SMILES string of the molecule is CC(C)(CC(=O)O)CC(=O)NC1(CO)CCCCC1. The Morgan fingerprint density at radius 1 is 1.16 bits per heavy atom. The first-order chi connectivity index (χ1) is 8.79. The maximum atomic E-state index is 12.1. The van der Waals surface area contributed by atoms with Gasteiger partial charge in [-0.2, -0.15) is 0 Å². The van der Waals surface area contributed by atoms with E-state index in [4.69, 9.17) is 5.11 Å². The summed E-state index contributed by atoms with van der Waals surface area (Å²) in [7, 11) is 0. The van der Waals surface area contributed by atoms with Crippen molar-refractivity contribution < 1.29 is 19.8 Å². The Hall–Kier alpha value is -1.10. The second-order valence-electron chi connectivity index (χ2n) is 6.46. The van der Waals surface area contributed by atoms with E-state index in [1.807, 2.05) is 0 Å². The summed E-state index contributed by atoms with van der Waals surface area (Å²) in [5.41, 5.74) is -1.06. The van der Waals surface area contributed by atoms with Crippen molar-refractivity contribution in [2.24, 2.45) is 5.41 Å². The summed E-state index contributed by atoms with van der Waals surface area (Å²) in [6, 6.07) is 0. The molecule has 0 aromatic carbocycles. The van der Waals surface area contributed by atoms with Crippen LogP contribution in [0.25, 0.3) is 0 Å². The van der Waals surface area contributed by atoms with Crippen molar-refractivity contribution in [3.63, 3.8) is 0 Å². The van der Waals surface area contributed by atoms with E-state index < -0.39 is 16.9 Å². The summed E-state index contributed by atoms with van der Waals surface area (Å²) in [5.74, 6) is -1.06. The number of amides is 1. The number of aliphatic hydroxyl groups is 1. The van der Waals surface area contributed by atoms with E-state index in [1.165, 1.54) is 0 Å². The van der Waals surface area contributed by atoms with Crippen LogP contribution in [0.3, 0.4) is 0 Å². The zero-order valence-electron chi connectivity index (χ0n) is 11.9. The van der Waals surface area contributed by atoms with Crippen LogP contribution in [0.2, 0.25) is 0 Å². The Kier molecular flexibility index (Phi) is 5.35. The van der Waals surface area contributed by atoms with Gasteiger partial charge in [-0.15, -0.1) is 0 Å². The van der Waals surface area contributed by atoms with Crippen LogP contribution in [-0.4, -0.2) is 34.2 Å². The normalized spacial score (nSPS) is 18.9. The Morgan fingerprint density at radius 2 is 1.74 bits per heavy atom. The highest BCUT2D eigenvalue weighted by Gasteiger charge is 2.34. The fourth-order valence-electron chi connectivity index (χ4n) is 2.80. The van der Waals surface area contributed by atoms with Crippen LogP contribution in [0, 0.1) is 5.41 Å². The molecule has 0 saturated heterocycles. The first kappa shape index (κ1) is 16.0. The molecule has 1 fully saturated rings. The molecule has 0 aliphatic heterocycles. The fourth-order valence-corrected chi connectivity index (χ4v) is 2.80. The number of aliphatic carboxylic acids is 1. The standard InChI is InChI=1S/C14H25NO4/c1-13(2,9-12(18)19)8-11(17)15-14(10-16)6-4-3-5-7-14/h16H,3-10H2,1-2H3,(H,15,17)(H,18,19). The van der Waals surface area contributed by atoms with Gasteiger partial charge in [0.15, 0.2) is 0 Å². The van der Waals surface area contributed by atoms with Crippen LogP contribution >= 0.6 is 0 Å². The molecule has 0 unspecified atom stereocenters. The van der Waals surface area contributed by atoms with Crippen molar-refractivity contribution in [3.05, 3.63) is 0 Å². The molecule has 1 saturated carbocycles. The Bertz CT molecular complexity index is 332. The molecule has 1 aliphatic rings. The molecule has 5 nitrogen and oxygen atoms in total. The molecule has 1 aliphatic carbocycles. The van der Waals surface area contributed by atoms with Crippen LogP contribution < -0.4 is 5.32 Å². The molecule has 110 valence electrons. The van der Waals surface area contributed by atoms with E-state index in [-0.39, 0.29) is 25.4 Å². The van der Waals surface area contributed by atoms with E-state index in [0.717, 1.165) is 32.1 Å². The second kappa shape index (κ2) is 6.37. The first-order valence-corrected chi connectivity index (χ1v) is 6.92. The van der Waals surface area contributed by atoms with Crippen molar-refractivity contribution in [2.75, 3.05) is 6.61 Å². The number of carboxylic acid groups (broad SMARTS) is 1. The molecule has 3 N–H and O–H groups in total. The highest BCUT2D eigenvalue weighted by atomic mass is 16.4. The van der Waals surface area contributed by atoms with Gasteiger partial charge in [-0.25, -0.2) is 0 Å². The Morgan fingerprint density at radius 3 is 2.21 bits per heavy atom. The molecular formula is C14H25NO4. The summed E-state index contributed by atoms with van der Waals surface area (Å²) < 4.78 is 0. The minimum absolute atomic E-state index is 0.0352. The molecule has 0 aromatic rings. The number of rotatable bonds is 6. The van der Waals surface area contributed by atoms with E-state index in [1.54, 1.807) is 13.8 Å². The third kappa shape index (κ3) is 5.19. The van der Waals surface area contributed by atoms with E-state index in [2.05, 4.69) is 5.32 Å². The van der Waals surface area contributed by atoms with Crippen molar-refractivity contribution >= 4 is 11.9 Å². The van der Waals surface area contributed by atoms with Crippen molar-refractivity contribution in [1.29, 1.82) is 0 Å². The number of carboxylic acids is 1. The average molecular weight is 271 g/mol. The lowest BCUT2D eigenvalue weighted by atomic mass is 9.81. The zero-order valence-corrected chi connectivity index (χ0v) is 11.9. The number of hydrogen-bond acceptors (Lipinski definition) is 3. The third-order valence-corrected chi connectivity index (χ3v) is 3.79. The van der Waals surface area contributed by atoms with Crippen LogP contribution in [-0.2, 0) is 9.59 Å². The average Bonchev–Trinajstić information content (AvgIpc) is 2.27. The Labute approximate surface area is 114 Å². The van der Waals surface area contributed by atoms with Crippen molar-refractivity contribution in [2.45, 2.75) is 64.3 Å². The molecule has 0 heterocycles. The second-order valence-corrected chi connectivity index (χ2v) is 6.46. The fraction of sp³-hybridized carbons (Fsp3) is 0.857. The van der Waals surface area contributed by atoms with Gasteiger partial charge in [0, 0.05) is 6.42 Å². The number of carbonyl (C=O) groups is 2. The van der Waals surface area contributed by atoms with Gasteiger partial charge in [-0.1, -0.05) is 33.1 Å². The highest BCUT2D eigenvalue weighted by molar-refractivity contribution is 5.78. The van der Waals surface area contributed by atoms with Crippen LogP contribution in [0.4, 0.5) is 0 Å². The lowest BCUT2D eigenvalue weighted by molar-refractivity contribution is -0.139. The molecule has 0 spiro atoms. The summed E-state index contributed by atoms with van der Waals surface area (Å²) in [5, 5.41) is 21.3. The molecule has 0 bridgehead atoms. The molecule has 0 radical (unpaired) electrons. The topological polar surface area (TPSA) is 86.6 Å². The van der Waals surface area contributed by atoms with Gasteiger partial charge < -0.3 is 15.5 Å². The lowest BCUT2D eigenvalue weighted by Gasteiger charge is -2.37. The quantitative estimate of drug-likeness (QED) is 0.686. The molecule has 5 heteroatoms. The minimum Gasteiger partial charge on any atom is -0.481 e. The number of carbonyl (C=O) groups excluding carboxylic acids is 1. The number of nitrogens with one attached hydrogen (secondary N) is 1. The third-order valence-electron chi connectivity index (χ3n) is 3.79. The molecular weight excluding hydrogens is 246 g/mol. The zero-order chi connectivity index (χ0) is 14.5. The monoisotopic (exact) mass is 271 g/mol. The van der Waals surface area contributed by atoms with Gasteiger partial charge >= 0.3 is 5.97 Å². The summed E-state index contributed by atoms with van der Waals surface area (Å²) in [6.07, 6.45) is 4.90. The highest BCUT2D eigenvalue weighted by Crippen LogP contribution is 2.30. The lowest BCUT2D eigenvalue weighted by Crippen LogP contribution is -2.53. The maximum absolute atomic E-state index is 12.1. The smallest absolute Gasteiger partial charge is 0.303 e. The van der Waals surface area contributed by atoms with Gasteiger partial charge in [-0.05, 0) is 18.3 Å². The van der Waals surface area contributed by atoms with Gasteiger partial charge in [-0.3, -0.25) is 9.59 Å². The summed E-state index contributed by atoms with van der Waals surface area (Å²) in [4.78, 5) is 22.8. The van der Waals surface area contributed by atoms with Gasteiger partial charge in [0.05, 0.1) is 18.6 Å². The van der Waals surface area contributed by atoms with Crippen molar-refractivity contribution in [1.82, 2.24) is 5.32 Å². The van der Waals surface area contributed by atoms with Gasteiger partial charge in [0.25, 0.3) is 0 Å². The molecule has 1 rings (SSSR count). The largest absolute Gasteiger partial charge is 0.481 e. The number of hydrogen-bond donors (Lipinski definition) is 3. The number of aliphatic hydroxyl groups excluding tert-OH is 1. The van der Waals surface area contributed by atoms with Crippen LogP contribution in [0.5, 0.6) is 0 Å². The minimum atomic E-state index is -0.896. The molecule has 1 amide bonds. The first-order valence-electron chi connectivity index (χ1n) is 6.92. The predicted octanol–water partition coefficient (Wildman–Crippen LogP) is 1.69. The van der Waals surface area contributed by atoms with Gasteiger partial charge in [0.1, 0.15) is 0 Å². The van der Waals surface area contributed by atoms with Crippen LogP contribution in [0.15, 0.2) is 0 Å². The van der Waals surface area contributed by atoms with E-state index in [0.29, 0.717) is 0 Å². The molecule has 0 atom stereocenters. The van der Waals surface area contributed by atoms with Crippen molar-refractivity contribution in [3.8, 4) is 0 Å². The van der Waals surface area contributed by atoms with Gasteiger partial charge in [0.2, 0.25) is 5.91 Å². The molecule has 0 aromatic heterocycles. The summed E-state index contributed by atoms with van der Waals surface area (Å²) in [6.45, 7) is 3.50. The van der Waals surface area contributed by atoms with Crippen LogP contribution in [0.1, 0.15) is 58.8 Å². The summed E-state index contributed by atoms with van der Waals surface area (Å²) >= 11 is 0. The molecule has 19 heavy (non-hydrogen) atoms. The van der Waals surface area contributed by atoms with E-state index in [9.17, 15) is 14.7 Å². The van der Waals surface area contributed by atoms with E-state index >= 15 is 0 Å². The maximum Gasteiger partial charge on any atom is 0.303 e. The predicted molar refractivity (Wildman–Crippen MR) is 71.7 cm³/mol.